The molecule has 0 atom stereocenters. The summed E-state index contributed by atoms with van der Waals surface area (Å²) in [5.74, 6) is -1.91. The molecular formula is C18H9ClN2O5. The van der Waals surface area contributed by atoms with E-state index in [1.165, 1.54) is 30.3 Å². The summed E-state index contributed by atoms with van der Waals surface area (Å²) in [6.07, 6.45) is 0. The van der Waals surface area contributed by atoms with Gasteiger partial charge in [-0.05, 0) is 36.4 Å². The first-order valence-corrected chi connectivity index (χ1v) is 7.85. The largest absolute Gasteiger partial charge is 0.502 e. The van der Waals surface area contributed by atoms with Crippen molar-refractivity contribution in [3.63, 3.8) is 0 Å². The molecule has 0 saturated heterocycles. The molecule has 0 aliphatic carbocycles. The fourth-order valence-corrected chi connectivity index (χ4v) is 3.28. The van der Waals surface area contributed by atoms with Gasteiger partial charge in [-0.3, -0.25) is 19.7 Å². The van der Waals surface area contributed by atoms with Crippen LogP contribution < -0.4 is 4.90 Å². The number of phenols is 1. The van der Waals surface area contributed by atoms with Gasteiger partial charge in [-0.15, -0.1) is 0 Å². The summed E-state index contributed by atoms with van der Waals surface area (Å²) in [5.41, 5.74) is -0.0561. The van der Waals surface area contributed by atoms with E-state index in [4.69, 9.17) is 11.6 Å². The van der Waals surface area contributed by atoms with Crippen molar-refractivity contribution in [2.24, 2.45) is 0 Å². The van der Waals surface area contributed by atoms with Crippen LogP contribution >= 0.6 is 11.6 Å². The molecule has 7 nitrogen and oxygen atoms in total. The number of nitrogens with zero attached hydrogens (tertiary/aromatic N) is 2. The number of halogens is 1. The molecule has 1 N–H and O–H groups in total. The van der Waals surface area contributed by atoms with E-state index in [2.05, 4.69) is 0 Å². The minimum absolute atomic E-state index is 0.0215. The minimum Gasteiger partial charge on any atom is -0.502 e. The van der Waals surface area contributed by atoms with Crippen molar-refractivity contribution < 1.29 is 19.6 Å². The van der Waals surface area contributed by atoms with Gasteiger partial charge in [-0.1, -0.05) is 17.7 Å². The highest BCUT2D eigenvalue weighted by molar-refractivity contribution is 6.36. The first kappa shape index (κ1) is 16.0. The molecular weight excluding hydrogens is 360 g/mol. The van der Waals surface area contributed by atoms with Crippen LogP contribution in [-0.2, 0) is 0 Å². The Kier molecular flexibility index (Phi) is 3.41. The smallest absolute Gasteiger partial charge is 0.318 e. The molecule has 1 aliphatic rings. The van der Waals surface area contributed by atoms with E-state index in [9.17, 15) is 24.8 Å². The normalized spacial score (nSPS) is 13.3. The molecule has 4 rings (SSSR count). The summed E-state index contributed by atoms with van der Waals surface area (Å²) in [6, 6.07) is 11.5. The molecule has 0 fully saturated rings. The zero-order valence-corrected chi connectivity index (χ0v) is 13.7. The van der Waals surface area contributed by atoms with Crippen molar-refractivity contribution in [2.75, 3.05) is 4.90 Å². The van der Waals surface area contributed by atoms with Crippen molar-refractivity contribution in [1.82, 2.24) is 0 Å². The van der Waals surface area contributed by atoms with E-state index >= 15 is 0 Å². The lowest BCUT2D eigenvalue weighted by molar-refractivity contribution is -0.384. The first-order chi connectivity index (χ1) is 12.4. The Morgan fingerprint density at radius 1 is 1.00 bits per heavy atom. The van der Waals surface area contributed by atoms with Crippen LogP contribution in [0.5, 0.6) is 5.75 Å². The fraction of sp³-hybridized carbons (Fsp3) is 0. The Morgan fingerprint density at radius 2 is 1.65 bits per heavy atom. The number of anilines is 1. The van der Waals surface area contributed by atoms with Crippen LogP contribution in [0.15, 0.2) is 48.5 Å². The molecule has 128 valence electrons. The fourth-order valence-electron chi connectivity index (χ4n) is 3.15. The third kappa shape index (κ3) is 2.14. The maximum atomic E-state index is 12.9. The van der Waals surface area contributed by atoms with Gasteiger partial charge in [0.15, 0.2) is 5.75 Å². The lowest BCUT2D eigenvalue weighted by atomic mass is 9.92. The summed E-state index contributed by atoms with van der Waals surface area (Å²) in [6.45, 7) is 0. The number of carbonyl (C=O) groups excluding carboxylic acids is 2. The number of carbonyl (C=O) groups is 2. The van der Waals surface area contributed by atoms with Gasteiger partial charge in [0, 0.05) is 22.0 Å². The molecule has 0 saturated carbocycles. The lowest BCUT2D eigenvalue weighted by Gasteiger charge is -2.27. The molecule has 0 radical (unpaired) electrons. The molecule has 26 heavy (non-hydrogen) atoms. The summed E-state index contributed by atoms with van der Waals surface area (Å²) < 4.78 is 0. The SMILES string of the molecule is O=C1c2cccc3c([N+](=O)[O-])c(O)cc(c23)C(=O)N1c1ccc(Cl)cc1. The van der Waals surface area contributed by atoms with Gasteiger partial charge < -0.3 is 5.11 Å². The van der Waals surface area contributed by atoms with Gasteiger partial charge in [0.1, 0.15) is 0 Å². The number of nitro benzene ring substituents is 1. The number of rotatable bonds is 2. The number of nitro groups is 1. The highest BCUT2D eigenvalue weighted by Gasteiger charge is 2.37. The summed E-state index contributed by atoms with van der Waals surface area (Å²) >= 11 is 5.85. The van der Waals surface area contributed by atoms with E-state index in [1.54, 1.807) is 12.1 Å². The molecule has 0 spiro atoms. The summed E-state index contributed by atoms with van der Waals surface area (Å²) in [4.78, 5) is 37.3. The van der Waals surface area contributed by atoms with Crippen molar-refractivity contribution in [1.29, 1.82) is 0 Å². The number of aromatic hydroxyl groups is 1. The van der Waals surface area contributed by atoms with Crippen molar-refractivity contribution >= 4 is 45.6 Å². The number of phenolic OH excluding ortho intramolecular Hbond substituents is 1. The standard InChI is InChI=1S/C18H9ClN2O5/c19-9-4-6-10(7-5-9)20-17(23)12-3-1-2-11-15(12)13(18(20)24)8-14(22)16(11)21(25)26/h1-8,22H. The van der Waals surface area contributed by atoms with Gasteiger partial charge in [0.25, 0.3) is 11.8 Å². The third-order valence-corrected chi connectivity index (χ3v) is 4.50. The Hall–Kier alpha value is -3.45. The second kappa shape index (κ2) is 5.53. The predicted octanol–water partition coefficient (Wildman–Crippen LogP) is 3.91. The molecule has 0 unspecified atom stereocenters. The molecule has 3 aromatic rings. The quantitative estimate of drug-likeness (QED) is 0.420. The zero-order valence-electron chi connectivity index (χ0n) is 13.0. The van der Waals surface area contributed by atoms with E-state index in [0.717, 1.165) is 11.0 Å². The van der Waals surface area contributed by atoms with Crippen LogP contribution in [0.3, 0.4) is 0 Å². The average Bonchev–Trinajstić information content (AvgIpc) is 2.60. The van der Waals surface area contributed by atoms with E-state index in [-0.39, 0.29) is 21.9 Å². The van der Waals surface area contributed by atoms with Crippen LogP contribution in [0.2, 0.25) is 5.02 Å². The zero-order chi connectivity index (χ0) is 18.6. The second-order valence-corrected chi connectivity index (χ2v) is 6.14. The Balaban J connectivity index is 2.03. The maximum Gasteiger partial charge on any atom is 0.318 e. The molecule has 0 aromatic heterocycles. The highest BCUT2D eigenvalue weighted by Crippen LogP contribution is 2.41. The van der Waals surface area contributed by atoms with Gasteiger partial charge in [-0.2, -0.15) is 0 Å². The number of benzene rings is 3. The second-order valence-electron chi connectivity index (χ2n) is 5.70. The van der Waals surface area contributed by atoms with E-state index in [1.807, 2.05) is 0 Å². The molecule has 0 bridgehead atoms. The average molecular weight is 369 g/mol. The van der Waals surface area contributed by atoms with Crippen molar-refractivity contribution in [3.05, 3.63) is 74.8 Å². The van der Waals surface area contributed by atoms with Crippen molar-refractivity contribution in [3.8, 4) is 5.75 Å². The Bertz CT molecular complexity index is 1120. The highest BCUT2D eigenvalue weighted by atomic mass is 35.5. The van der Waals surface area contributed by atoms with Gasteiger partial charge >= 0.3 is 5.69 Å². The first-order valence-electron chi connectivity index (χ1n) is 7.47. The van der Waals surface area contributed by atoms with Gasteiger partial charge in [0.05, 0.1) is 21.6 Å². The van der Waals surface area contributed by atoms with E-state index < -0.39 is 28.2 Å². The predicted molar refractivity (Wildman–Crippen MR) is 94.9 cm³/mol. The lowest BCUT2D eigenvalue weighted by Crippen LogP contribution is -2.40. The van der Waals surface area contributed by atoms with Gasteiger partial charge in [0.2, 0.25) is 0 Å². The Labute approximate surface area is 151 Å². The van der Waals surface area contributed by atoms with Crippen LogP contribution in [-0.4, -0.2) is 21.8 Å². The van der Waals surface area contributed by atoms with Crippen LogP contribution in [0.1, 0.15) is 20.7 Å². The van der Waals surface area contributed by atoms with Crippen molar-refractivity contribution in [2.45, 2.75) is 0 Å². The molecule has 3 aromatic carbocycles. The summed E-state index contributed by atoms with van der Waals surface area (Å²) in [5, 5.41) is 22.0. The number of hydrogen-bond acceptors (Lipinski definition) is 5. The van der Waals surface area contributed by atoms with Gasteiger partial charge in [-0.25, -0.2) is 4.90 Å². The number of hydrogen-bond donors (Lipinski definition) is 1. The maximum absolute atomic E-state index is 12.9. The Morgan fingerprint density at radius 3 is 2.31 bits per heavy atom. The van der Waals surface area contributed by atoms with Crippen LogP contribution in [0, 0.1) is 10.1 Å². The molecule has 8 heteroatoms. The third-order valence-electron chi connectivity index (χ3n) is 4.25. The van der Waals surface area contributed by atoms with E-state index in [0.29, 0.717) is 10.7 Å². The number of imide groups is 1. The van der Waals surface area contributed by atoms with Crippen LogP contribution in [0.25, 0.3) is 10.8 Å². The molecule has 2 amide bonds. The summed E-state index contributed by atoms with van der Waals surface area (Å²) in [7, 11) is 0. The molecule has 1 heterocycles. The number of amides is 2. The molecule has 1 aliphatic heterocycles. The minimum atomic E-state index is -0.737. The monoisotopic (exact) mass is 368 g/mol. The van der Waals surface area contributed by atoms with Crippen LogP contribution in [0.4, 0.5) is 11.4 Å². The topological polar surface area (TPSA) is 101 Å².